The SMILES string of the molecule is C=CCNc1nc(OC)c(C(=O)OC)nc1Cl. The summed E-state index contributed by atoms with van der Waals surface area (Å²) in [6.45, 7) is 4.02. The van der Waals surface area contributed by atoms with Crippen molar-refractivity contribution in [2.75, 3.05) is 26.1 Å². The van der Waals surface area contributed by atoms with E-state index >= 15 is 0 Å². The topological polar surface area (TPSA) is 73.3 Å². The molecule has 0 amide bonds. The second-order valence-corrected chi connectivity index (χ2v) is 3.24. The third-order valence-corrected chi connectivity index (χ3v) is 2.07. The van der Waals surface area contributed by atoms with Gasteiger partial charge in [-0.05, 0) is 0 Å². The molecule has 1 aromatic heterocycles. The summed E-state index contributed by atoms with van der Waals surface area (Å²) in [5.74, 6) is -0.296. The Morgan fingerprint density at radius 3 is 2.76 bits per heavy atom. The minimum atomic E-state index is -0.661. The molecule has 0 aliphatic carbocycles. The monoisotopic (exact) mass is 257 g/mol. The largest absolute Gasteiger partial charge is 0.479 e. The summed E-state index contributed by atoms with van der Waals surface area (Å²) < 4.78 is 9.48. The van der Waals surface area contributed by atoms with Gasteiger partial charge in [0.2, 0.25) is 11.6 Å². The Morgan fingerprint density at radius 2 is 2.24 bits per heavy atom. The van der Waals surface area contributed by atoms with Crippen LogP contribution in [0.2, 0.25) is 5.15 Å². The number of ether oxygens (including phenoxy) is 2. The van der Waals surface area contributed by atoms with Crippen molar-refractivity contribution in [1.82, 2.24) is 9.97 Å². The number of carbonyl (C=O) groups is 1. The summed E-state index contributed by atoms with van der Waals surface area (Å²) in [5, 5.41) is 2.93. The molecule has 0 aliphatic heterocycles. The number of aromatic nitrogens is 2. The first kappa shape index (κ1) is 13.2. The van der Waals surface area contributed by atoms with Gasteiger partial charge in [-0.3, -0.25) is 0 Å². The third kappa shape index (κ3) is 3.07. The number of methoxy groups -OCH3 is 2. The standard InChI is InChI=1S/C10H12ClN3O3/c1-4-5-12-8-7(11)13-6(10(15)17-3)9(14-8)16-2/h4H,1,5H2,2-3H3,(H,12,14). The molecular weight excluding hydrogens is 246 g/mol. The van der Waals surface area contributed by atoms with Gasteiger partial charge in [-0.15, -0.1) is 6.58 Å². The number of hydrogen-bond acceptors (Lipinski definition) is 6. The number of rotatable bonds is 5. The van der Waals surface area contributed by atoms with Crippen LogP contribution < -0.4 is 10.1 Å². The molecule has 92 valence electrons. The fraction of sp³-hybridized carbons (Fsp3) is 0.300. The van der Waals surface area contributed by atoms with E-state index in [4.69, 9.17) is 16.3 Å². The number of hydrogen-bond donors (Lipinski definition) is 1. The zero-order valence-corrected chi connectivity index (χ0v) is 10.2. The van der Waals surface area contributed by atoms with Crippen molar-refractivity contribution in [3.8, 4) is 5.88 Å². The van der Waals surface area contributed by atoms with Gasteiger partial charge in [0.05, 0.1) is 14.2 Å². The average Bonchev–Trinajstić information content (AvgIpc) is 2.36. The summed E-state index contributed by atoms with van der Waals surface area (Å²) in [4.78, 5) is 19.3. The van der Waals surface area contributed by atoms with Crippen LogP contribution in [-0.4, -0.2) is 36.7 Å². The van der Waals surface area contributed by atoms with E-state index in [-0.39, 0.29) is 16.7 Å². The van der Waals surface area contributed by atoms with Gasteiger partial charge in [0, 0.05) is 6.54 Å². The van der Waals surface area contributed by atoms with E-state index < -0.39 is 5.97 Å². The quantitative estimate of drug-likeness (QED) is 0.637. The lowest BCUT2D eigenvalue weighted by atomic mass is 10.4. The first-order valence-electron chi connectivity index (χ1n) is 4.68. The minimum absolute atomic E-state index is 0.0489. The molecule has 1 rings (SSSR count). The highest BCUT2D eigenvalue weighted by atomic mass is 35.5. The molecule has 7 heteroatoms. The predicted octanol–water partition coefficient (Wildman–Crippen LogP) is 1.52. The average molecular weight is 258 g/mol. The first-order chi connectivity index (χ1) is 8.13. The molecule has 0 spiro atoms. The number of anilines is 1. The van der Waals surface area contributed by atoms with Crippen LogP contribution in [0.3, 0.4) is 0 Å². The zero-order chi connectivity index (χ0) is 12.8. The maximum Gasteiger partial charge on any atom is 0.362 e. The highest BCUT2D eigenvalue weighted by molar-refractivity contribution is 6.31. The Bertz CT molecular complexity index is 437. The molecule has 1 heterocycles. The smallest absolute Gasteiger partial charge is 0.362 e. The zero-order valence-electron chi connectivity index (χ0n) is 9.49. The molecule has 17 heavy (non-hydrogen) atoms. The Balaban J connectivity index is 3.14. The minimum Gasteiger partial charge on any atom is -0.479 e. The van der Waals surface area contributed by atoms with Crippen molar-refractivity contribution in [2.45, 2.75) is 0 Å². The van der Waals surface area contributed by atoms with Gasteiger partial charge in [-0.2, -0.15) is 4.98 Å². The molecule has 0 bridgehead atoms. The summed E-state index contributed by atoms with van der Waals surface area (Å²) in [6, 6.07) is 0. The molecular formula is C10H12ClN3O3. The van der Waals surface area contributed by atoms with Gasteiger partial charge in [-0.25, -0.2) is 9.78 Å². The maximum absolute atomic E-state index is 11.4. The van der Waals surface area contributed by atoms with E-state index in [0.29, 0.717) is 12.4 Å². The van der Waals surface area contributed by atoms with Gasteiger partial charge in [0.15, 0.2) is 11.0 Å². The molecule has 0 atom stereocenters. The van der Waals surface area contributed by atoms with E-state index in [1.807, 2.05) is 0 Å². The Morgan fingerprint density at radius 1 is 1.53 bits per heavy atom. The van der Waals surface area contributed by atoms with Crippen molar-refractivity contribution in [1.29, 1.82) is 0 Å². The molecule has 1 aromatic rings. The van der Waals surface area contributed by atoms with Crippen molar-refractivity contribution >= 4 is 23.4 Å². The van der Waals surface area contributed by atoms with Gasteiger partial charge >= 0.3 is 5.97 Å². The lowest BCUT2D eigenvalue weighted by Crippen LogP contribution is -2.11. The van der Waals surface area contributed by atoms with Crippen LogP contribution in [0.4, 0.5) is 5.82 Å². The molecule has 0 radical (unpaired) electrons. The molecule has 6 nitrogen and oxygen atoms in total. The van der Waals surface area contributed by atoms with Crippen molar-refractivity contribution in [3.63, 3.8) is 0 Å². The number of halogens is 1. The van der Waals surface area contributed by atoms with Crippen molar-refractivity contribution in [2.24, 2.45) is 0 Å². The fourth-order valence-corrected chi connectivity index (χ4v) is 1.25. The van der Waals surface area contributed by atoms with E-state index in [1.54, 1.807) is 6.08 Å². The molecule has 0 aliphatic rings. The predicted molar refractivity (Wildman–Crippen MR) is 63.6 cm³/mol. The van der Waals surface area contributed by atoms with Crippen LogP contribution in [0.1, 0.15) is 10.5 Å². The third-order valence-electron chi connectivity index (χ3n) is 1.81. The highest BCUT2D eigenvalue weighted by Gasteiger charge is 2.19. The Hall–Kier alpha value is -1.82. The highest BCUT2D eigenvalue weighted by Crippen LogP contribution is 2.23. The van der Waals surface area contributed by atoms with E-state index in [9.17, 15) is 4.79 Å². The normalized spacial score (nSPS) is 9.59. The Kier molecular flexibility index (Phi) is 4.71. The second-order valence-electron chi connectivity index (χ2n) is 2.88. The van der Waals surface area contributed by atoms with Crippen LogP contribution in [0, 0.1) is 0 Å². The Labute approximate surface area is 104 Å². The molecule has 0 aromatic carbocycles. The molecule has 1 N–H and O–H groups in total. The summed E-state index contributed by atoms with van der Waals surface area (Å²) in [6.07, 6.45) is 1.64. The number of carbonyl (C=O) groups excluding carboxylic acids is 1. The lowest BCUT2D eigenvalue weighted by molar-refractivity contribution is 0.0589. The van der Waals surface area contributed by atoms with Crippen LogP contribution in [-0.2, 0) is 4.74 Å². The van der Waals surface area contributed by atoms with Gasteiger partial charge in [-0.1, -0.05) is 17.7 Å². The maximum atomic E-state index is 11.4. The van der Waals surface area contributed by atoms with Gasteiger partial charge in [0.1, 0.15) is 0 Å². The van der Waals surface area contributed by atoms with E-state index in [2.05, 4.69) is 26.6 Å². The summed E-state index contributed by atoms with van der Waals surface area (Å²) in [5.41, 5.74) is -0.0656. The van der Waals surface area contributed by atoms with Crippen LogP contribution in [0.25, 0.3) is 0 Å². The molecule has 0 saturated carbocycles. The summed E-state index contributed by atoms with van der Waals surface area (Å²) >= 11 is 5.86. The summed E-state index contributed by atoms with van der Waals surface area (Å²) in [7, 11) is 2.61. The first-order valence-corrected chi connectivity index (χ1v) is 5.06. The number of nitrogens with zero attached hydrogens (tertiary/aromatic N) is 2. The number of esters is 1. The molecule has 0 fully saturated rings. The van der Waals surface area contributed by atoms with Gasteiger partial charge in [0.25, 0.3) is 0 Å². The lowest BCUT2D eigenvalue weighted by Gasteiger charge is -2.09. The fourth-order valence-electron chi connectivity index (χ4n) is 1.05. The van der Waals surface area contributed by atoms with Crippen molar-refractivity contribution in [3.05, 3.63) is 23.5 Å². The molecule has 0 saturated heterocycles. The van der Waals surface area contributed by atoms with Gasteiger partial charge < -0.3 is 14.8 Å². The molecule has 0 unspecified atom stereocenters. The number of nitrogens with one attached hydrogen (secondary N) is 1. The van der Waals surface area contributed by atoms with Crippen LogP contribution in [0.15, 0.2) is 12.7 Å². The second kappa shape index (κ2) is 6.05. The van der Waals surface area contributed by atoms with Crippen LogP contribution >= 0.6 is 11.6 Å². The van der Waals surface area contributed by atoms with Crippen LogP contribution in [0.5, 0.6) is 5.88 Å². The van der Waals surface area contributed by atoms with Crippen molar-refractivity contribution < 1.29 is 14.3 Å². The van der Waals surface area contributed by atoms with E-state index in [1.165, 1.54) is 14.2 Å². The van der Waals surface area contributed by atoms with E-state index in [0.717, 1.165) is 0 Å².